The lowest BCUT2D eigenvalue weighted by atomic mass is 9.95. The Kier molecular flexibility index (Phi) is 10.1. The second-order valence-electron chi connectivity index (χ2n) is 9.87. The Morgan fingerprint density at radius 3 is 1.48 bits per heavy atom. The van der Waals surface area contributed by atoms with Gasteiger partial charge in [0.1, 0.15) is 24.9 Å². The first-order valence-corrected chi connectivity index (χ1v) is 13.6. The Bertz CT molecular complexity index is 1250. The topological polar surface area (TPSA) is 66.4 Å². The molecular weight excluding hydrogens is 504 g/mol. The van der Waals surface area contributed by atoms with Gasteiger partial charge in [0, 0.05) is 0 Å². The lowest BCUT2D eigenvalue weighted by molar-refractivity contribution is -0.370. The summed E-state index contributed by atoms with van der Waals surface area (Å²) in [6.45, 7) is 1.04. The van der Waals surface area contributed by atoms with Crippen molar-refractivity contribution in [1.82, 2.24) is 0 Å². The highest BCUT2D eigenvalue weighted by Gasteiger charge is 2.54. The first-order valence-electron chi connectivity index (χ1n) is 13.6. The number of hydrogen-bond donors (Lipinski definition) is 1. The number of benzene rings is 4. The van der Waals surface area contributed by atoms with Gasteiger partial charge in [-0.3, -0.25) is 0 Å². The van der Waals surface area contributed by atoms with Crippen LogP contribution in [0.15, 0.2) is 121 Å². The van der Waals surface area contributed by atoms with Gasteiger partial charge in [0.05, 0.1) is 33.0 Å². The van der Waals surface area contributed by atoms with Gasteiger partial charge < -0.3 is 28.8 Å². The smallest absolute Gasteiger partial charge is 0.221 e. The second-order valence-corrected chi connectivity index (χ2v) is 9.87. The minimum absolute atomic E-state index is 0.173. The Balaban J connectivity index is 1.42. The summed E-state index contributed by atoms with van der Waals surface area (Å²) in [5, 5.41) is 10.8. The fourth-order valence-electron chi connectivity index (χ4n) is 4.79. The van der Waals surface area contributed by atoms with Crippen molar-refractivity contribution in [1.29, 1.82) is 0 Å². The van der Waals surface area contributed by atoms with Crippen LogP contribution in [0.1, 0.15) is 22.3 Å². The van der Waals surface area contributed by atoms with Crippen molar-refractivity contribution >= 4 is 0 Å². The van der Waals surface area contributed by atoms with Crippen molar-refractivity contribution in [2.24, 2.45) is 0 Å². The van der Waals surface area contributed by atoms with E-state index in [1.807, 2.05) is 121 Å². The van der Waals surface area contributed by atoms with Gasteiger partial charge >= 0.3 is 0 Å². The molecule has 1 saturated heterocycles. The molecule has 0 saturated carbocycles. The maximum absolute atomic E-state index is 10.8. The lowest BCUT2D eigenvalue weighted by Gasteiger charge is -2.48. The molecule has 4 atom stereocenters. The van der Waals surface area contributed by atoms with Gasteiger partial charge in [0.25, 0.3) is 0 Å². The highest BCUT2D eigenvalue weighted by molar-refractivity contribution is 5.17. The molecule has 208 valence electrons. The molecule has 0 spiro atoms. The predicted octanol–water partition coefficient (Wildman–Crippen LogP) is 5.68. The average Bonchev–Trinajstić information content (AvgIpc) is 3.03. The van der Waals surface area contributed by atoms with Crippen LogP contribution < -0.4 is 0 Å². The third kappa shape index (κ3) is 7.43. The molecule has 0 amide bonds. The third-order valence-corrected chi connectivity index (χ3v) is 7.00. The Labute approximate surface area is 236 Å². The molecule has 1 aliphatic heterocycles. The Morgan fingerprint density at radius 2 is 1.00 bits per heavy atom. The highest BCUT2D eigenvalue weighted by Crippen LogP contribution is 2.35. The van der Waals surface area contributed by atoms with E-state index in [4.69, 9.17) is 23.7 Å². The predicted molar refractivity (Wildman–Crippen MR) is 152 cm³/mol. The van der Waals surface area contributed by atoms with E-state index in [1.165, 1.54) is 0 Å². The standard InChI is InChI=1S/C34H36O6/c35-26-34(39-24-30-19-11-4-12-20-30)33(38-23-29-17-9-3-10-18-29)32(37-22-28-15-7-2-8-16-28)31(25-40-34)36-21-27-13-5-1-6-14-27/h1-20,31-33,35H,21-26H2/t31-,32-,33-,34?/m1/s1. The number of rotatable bonds is 13. The van der Waals surface area contributed by atoms with Crippen LogP contribution in [-0.2, 0) is 50.1 Å². The zero-order valence-corrected chi connectivity index (χ0v) is 22.5. The van der Waals surface area contributed by atoms with Crippen molar-refractivity contribution in [3.8, 4) is 0 Å². The minimum Gasteiger partial charge on any atom is -0.391 e. The fraction of sp³-hybridized carbons (Fsp3) is 0.294. The van der Waals surface area contributed by atoms with Crippen LogP contribution in [0.2, 0.25) is 0 Å². The third-order valence-electron chi connectivity index (χ3n) is 7.00. The van der Waals surface area contributed by atoms with Crippen LogP contribution in [0.5, 0.6) is 0 Å². The maximum atomic E-state index is 10.8. The SMILES string of the molecule is OCC1(OCc2ccccc2)OC[C@@H](OCc2ccccc2)[C@@H](OCc2ccccc2)[C@H]1OCc1ccccc1. The number of hydrogen-bond acceptors (Lipinski definition) is 6. The first kappa shape index (κ1) is 28.2. The van der Waals surface area contributed by atoms with Crippen LogP contribution in [0.25, 0.3) is 0 Å². The van der Waals surface area contributed by atoms with E-state index in [-0.39, 0.29) is 13.2 Å². The summed E-state index contributed by atoms with van der Waals surface area (Å²) >= 11 is 0. The molecule has 4 aromatic rings. The number of ether oxygens (including phenoxy) is 5. The molecule has 1 fully saturated rings. The van der Waals surface area contributed by atoms with Crippen LogP contribution in [0.3, 0.4) is 0 Å². The van der Waals surface area contributed by atoms with Crippen molar-refractivity contribution in [3.63, 3.8) is 0 Å². The van der Waals surface area contributed by atoms with Crippen LogP contribution in [-0.4, -0.2) is 42.4 Å². The van der Waals surface area contributed by atoms with E-state index in [0.717, 1.165) is 22.3 Å². The summed E-state index contributed by atoms with van der Waals surface area (Å²) in [6.07, 6.45) is -1.81. The molecule has 40 heavy (non-hydrogen) atoms. The van der Waals surface area contributed by atoms with Gasteiger partial charge in [-0.25, -0.2) is 0 Å². The van der Waals surface area contributed by atoms with E-state index in [9.17, 15) is 5.11 Å². The Hall–Kier alpha value is -3.36. The molecule has 1 aliphatic rings. The molecule has 1 heterocycles. The van der Waals surface area contributed by atoms with E-state index in [2.05, 4.69) is 0 Å². The van der Waals surface area contributed by atoms with E-state index in [0.29, 0.717) is 19.8 Å². The summed E-state index contributed by atoms with van der Waals surface area (Å²) in [6, 6.07) is 39.7. The highest BCUT2D eigenvalue weighted by atomic mass is 16.7. The monoisotopic (exact) mass is 540 g/mol. The van der Waals surface area contributed by atoms with Crippen LogP contribution in [0, 0.1) is 0 Å². The quantitative estimate of drug-likeness (QED) is 0.236. The van der Waals surface area contributed by atoms with Gasteiger partial charge in [-0.1, -0.05) is 121 Å². The van der Waals surface area contributed by atoms with E-state index < -0.39 is 30.7 Å². The second kappa shape index (κ2) is 14.3. The molecule has 5 rings (SSSR count). The Morgan fingerprint density at radius 1 is 0.575 bits per heavy atom. The molecular formula is C34H36O6. The zero-order chi connectivity index (χ0) is 27.5. The summed E-state index contributed by atoms with van der Waals surface area (Å²) in [5.74, 6) is -1.45. The molecule has 0 aromatic heterocycles. The van der Waals surface area contributed by atoms with Crippen LogP contribution >= 0.6 is 0 Å². The van der Waals surface area contributed by atoms with E-state index >= 15 is 0 Å². The lowest BCUT2D eigenvalue weighted by Crippen LogP contribution is -2.65. The van der Waals surface area contributed by atoms with Crippen molar-refractivity contribution in [3.05, 3.63) is 144 Å². The molecule has 0 radical (unpaired) electrons. The number of aliphatic hydroxyl groups excluding tert-OH is 1. The van der Waals surface area contributed by atoms with E-state index in [1.54, 1.807) is 0 Å². The van der Waals surface area contributed by atoms with Crippen molar-refractivity contribution < 1.29 is 28.8 Å². The zero-order valence-electron chi connectivity index (χ0n) is 22.5. The van der Waals surface area contributed by atoms with Crippen LogP contribution in [0.4, 0.5) is 0 Å². The summed E-state index contributed by atoms with van der Waals surface area (Å²) in [7, 11) is 0. The van der Waals surface area contributed by atoms with Gasteiger partial charge in [-0.15, -0.1) is 0 Å². The maximum Gasteiger partial charge on any atom is 0.221 e. The summed E-state index contributed by atoms with van der Waals surface area (Å²) in [5.41, 5.74) is 4.03. The summed E-state index contributed by atoms with van der Waals surface area (Å²) in [4.78, 5) is 0. The number of aliphatic hydroxyl groups is 1. The van der Waals surface area contributed by atoms with Crippen molar-refractivity contribution in [2.75, 3.05) is 13.2 Å². The normalized spacial score (nSPS) is 22.7. The fourth-order valence-corrected chi connectivity index (χ4v) is 4.79. The molecule has 1 unspecified atom stereocenters. The average molecular weight is 541 g/mol. The van der Waals surface area contributed by atoms with Gasteiger partial charge in [-0.2, -0.15) is 0 Å². The molecule has 0 aliphatic carbocycles. The minimum atomic E-state index is -1.45. The van der Waals surface area contributed by atoms with Gasteiger partial charge in [0.2, 0.25) is 5.79 Å². The molecule has 1 N–H and O–H groups in total. The molecule has 6 nitrogen and oxygen atoms in total. The first-order chi connectivity index (χ1) is 19.8. The van der Waals surface area contributed by atoms with Gasteiger partial charge in [-0.05, 0) is 22.3 Å². The molecule has 6 heteroatoms. The van der Waals surface area contributed by atoms with Crippen molar-refractivity contribution in [2.45, 2.75) is 50.5 Å². The van der Waals surface area contributed by atoms with Gasteiger partial charge in [0.15, 0.2) is 0 Å². The largest absolute Gasteiger partial charge is 0.391 e. The molecule has 0 bridgehead atoms. The summed E-state index contributed by atoms with van der Waals surface area (Å²) < 4.78 is 32.2. The molecule has 4 aromatic carbocycles.